The first-order chi connectivity index (χ1) is 9.99. The van der Waals surface area contributed by atoms with Crippen LogP contribution in [-0.4, -0.2) is 39.3 Å². The van der Waals surface area contributed by atoms with Gasteiger partial charge in [0.2, 0.25) is 0 Å². The summed E-state index contributed by atoms with van der Waals surface area (Å²) in [6.45, 7) is 0. The molecule has 0 aromatic heterocycles. The van der Waals surface area contributed by atoms with Crippen LogP contribution in [0.3, 0.4) is 0 Å². The fraction of sp³-hybridized carbons (Fsp3) is 0.500. The number of nitrogens with zero attached hydrogens (tertiary/aromatic N) is 2. The summed E-state index contributed by atoms with van der Waals surface area (Å²) in [5.74, 6) is -1.30. The van der Waals surface area contributed by atoms with Gasteiger partial charge in [0, 0.05) is 12.1 Å². The van der Waals surface area contributed by atoms with Gasteiger partial charge in [-0.1, -0.05) is 6.07 Å². The van der Waals surface area contributed by atoms with E-state index in [1.165, 1.54) is 12.1 Å². The maximum absolute atomic E-state index is 11.4. The lowest BCUT2D eigenvalue weighted by molar-refractivity contribution is -0.384. The molecule has 2 N–H and O–H groups in total. The number of carbonyl (C=O) groups is 1. The Morgan fingerprint density at radius 3 is 2.43 bits per heavy atom. The zero-order valence-corrected chi connectivity index (χ0v) is 11.3. The van der Waals surface area contributed by atoms with Crippen LogP contribution in [0.5, 0.6) is 0 Å². The van der Waals surface area contributed by atoms with Crippen molar-refractivity contribution in [2.75, 3.05) is 4.90 Å². The topological polar surface area (TPSA) is 104 Å². The van der Waals surface area contributed by atoms with Crippen molar-refractivity contribution in [3.05, 3.63) is 33.9 Å². The minimum absolute atomic E-state index is 0.0431. The molecule has 1 aromatic rings. The van der Waals surface area contributed by atoms with Crippen LogP contribution in [-0.2, 0) is 0 Å². The van der Waals surface area contributed by atoms with E-state index in [4.69, 9.17) is 5.11 Å². The van der Waals surface area contributed by atoms with Crippen molar-refractivity contribution in [1.82, 2.24) is 0 Å². The normalized spacial score (nSPS) is 27.7. The van der Waals surface area contributed by atoms with Gasteiger partial charge in [-0.15, -0.1) is 0 Å². The van der Waals surface area contributed by atoms with E-state index in [1.807, 2.05) is 4.90 Å². The Kier molecular flexibility index (Phi) is 3.29. The number of carboxylic acids is 1. The van der Waals surface area contributed by atoms with Crippen LogP contribution in [0.4, 0.5) is 11.4 Å². The van der Waals surface area contributed by atoms with E-state index in [0.29, 0.717) is 18.5 Å². The number of piperidine rings is 1. The number of anilines is 1. The third kappa shape index (κ3) is 2.23. The molecule has 0 radical (unpaired) electrons. The monoisotopic (exact) mass is 292 g/mol. The first-order valence-electron chi connectivity index (χ1n) is 6.96. The van der Waals surface area contributed by atoms with Crippen molar-refractivity contribution in [3.8, 4) is 0 Å². The Bertz CT molecular complexity index is 589. The number of carboxylic acid groups (broad SMARTS) is 1. The molecule has 7 heteroatoms. The van der Waals surface area contributed by atoms with Crippen LogP contribution in [0.1, 0.15) is 36.0 Å². The first kappa shape index (κ1) is 13.8. The minimum Gasteiger partial charge on any atom is -0.477 e. The van der Waals surface area contributed by atoms with Gasteiger partial charge in [-0.2, -0.15) is 0 Å². The van der Waals surface area contributed by atoms with Crippen molar-refractivity contribution in [1.29, 1.82) is 0 Å². The van der Waals surface area contributed by atoms with Gasteiger partial charge in [0.05, 0.1) is 11.0 Å². The molecule has 0 spiro atoms. The molecular weight excluding hydrogens is 276 g/mol. The quantitative estimate of drug-likeness (QED) is 0.650. The molecule has 2 bridgehead atoms. The average Bonchev–Trinajstić information content (AvgIpc) is 2.69. The number of nitro benzene ring substituents is 1. The molecule has 2 aliphatic rings. The Labute approximate surface area is 121 Å². The highest BCUT2D eigenvalue weighted by Gasteiger charge is 2.43. The standard InChI is InChI=1S/C14H16N2O5/c17-10-6-8-4-5-9(7-10)15(8)12-3-1-2-11(14(18)19)13(12)16(20)21/h1-3,8-10,17H,4-7H2,(H,18,19). The summed E-state index contributed by atoms with van der Waals surface area (Å²) in [4.78, 5) is 23.9. The Balaban J connectivity index is 2.09. The predicted octanol–water partition coefficient (Wildman–Crippen LogP) is 1.79. The molecule has 7 nitrogen and oxygen atoms in total. The lowest BCUT2D eigenvalue weighted by Crippen LogP contribution is -2.45. The Morgan fingerprint density at radius 2 is 1.90 bits per heavy atom. The number of aliphatic hydroxyl groups is 1. The van der Waals surface area contributed by atoms with Gasteiger partial charge in [0.15, 0.2) is 0 Å². The van der Waals surface area contributed by atoms with Crippen LogP contribution in [0.15, 0.2) is 18.2 Å². The van der Waals surface area contributed by atoms with E-state index in [9.17, 15) is 20.0 Å². The third-order valence-corrected chi connectivity index (χ3v) is 4.41. The largest absolute Gasteiger partial charge is 0.477 e. The van der Waals surface area contributed by atoms with E-state index >= 15 is 0 Å². The average molecular weight is 292 g/mol. The van der Waals surface area contributed by atoms with Gasteiger partial charge in [0.1, 0.15) is 11.3 Å². The second kappa shape index (κ2) is 5.00. The highest BCUT2D eigenvalue weighted by Crippen LogP contribution is 2.43. The number of aromatic carboxylic acids is 1. The molecule has 2 heterocycles. The SMILES string of the molecule is O=C(O)c1cccc(N2C3CCC2CC(O)C3)c1[N+](=O)[O-]. The van der Waals surface area contributed by atoms with Gasteiger partial charge in [0.25, 0.3) is 0 Å². The molecule has 112 valence electrons. The van der Waals surface area contributed by atoms with E-state index in [1.54, 1.807) is 6.07 Å². The van der Waals surface area contributed by atoms with Gasteiger partial charge in [-0.25, -0.2) is 4.79 Å². The number of benzene rings is 1. The lowest BCUT2D eigenvalue weighted by atomic mass is 9.98. The first-order valence-corrected chi connectivity index (χ1v) is 6.96. The van der Waals surface area contributed by atoms with E-state index < -0.39 is 10.9 Å². The molecule has 2 unspecified atom stereocenters. The fourth-order valence-electron chi connectivity index (χ4n) is 3.65. The second-order valence-electron chi connectivity index (χ2n) is 5.65. The minimum atomic E-state index is -1.30. The van der Waals surface area contributed by atoms with Crippen LogP contribution >= 0.6 is 0 Å². The molecule has 2 atom stereocenters. The smallest absolute Gasteiger partial charge is 0.342 e. The number of rotatable bonds is 3. The van der Waals surface area contributed by atoms with Crippen molar-refractivity contribution >= 4 is 17.3 Å². The van der Waals surface area contributed by atoms with Gasteiger partial charge in [-0.05, 0) is 37.8 Å². The predicted molar refractivity (Wildman–Crippen MR) is 74.6 cm³/mol. The molecule has 3 rings (SSSR count). The summed E-state index contributed by atoms with van der Waals surface area (Å²) in [6.07, 6.45) is 2.52. The van der Waals surface area contributed by atoms with Crippen molar-refractivity contribution in [2.45, 2.75) is 43.9 Å². The number of hydrogen-bond donors (Lipinski definition) is 2. The molecule has 0 amide bonds. The molecular formula is C14H16N2O5. The van der Waals surface area contributed by atoms with Gasteiger partial charge >= 0.3 is 11.7 Å². The Morgan fingerprint density at radius 1 is 1.29 bits per heavy atom. The fourth-order valence-corrected chi connectivity index (χ4v) is 3.65. The number of nitro groups is 1. The summed E-state index contributed by atoms with van der Waals surface area (Å²) >= 11 is 0. The number of fused-ring (bicyclic) bond motifs is 2. The third-order valence-electron chi connectivity index (χ3n) is 4.41. The Hall–Kier alpha value is -2.15. The summed E-state index contributed by atoms with van der Waals surface area (Å²) in [5, 5.41) is 30.3. The molecule has 0 saturated carbocycles. The van der Waals surface area contributed by atoms with Crippen molar-refractivity contribution in [3.63, 3.8) is 0 Å². The van der Waals surface area contributed by atoms with Crippen LogP contribution in [0.25, 0.3) is 0 Å². The van der Waals surface area contributed by atoms with Gasteiger partial charge < -0.3 is 15.1 Å². The highest BCUT2D eigenvalue weighted by molar-refractivity contribution is 5.95. The molecule has 2 aliphatic heterocycles. The summed E-state index contributed by atoms with van der Waals surface area (Å²) in [5.41, 5.74) is -0.277. The highest BCUT2D eigenvalue weighted by atomic mass is 16.6. The lowest BCUT2D eigenvalue weighted by Gasteiger charge is -2.38. The van der Waals surface area contributed by atoms with E-state index in [2.05, 4.69) is 0 Å². The molecule has 1 aromatic carbocycles. The summed E-state index contributed by atoms with van der Waals surface area (Å²) in [7, 11) is 0. The zero-order valence-electron chi connectivity index (χ0n) is 11.3. The van der Waals surface area contributed by atoms with Crippen molar-refractivity contribution < 1.29 is 19.9 Å². The maximum Gasteiger partial charge on any atom is 0.342 e. The summed E-state index contributed by atoms with van der Waals surface area (Å²) in [6, 6.07) is 4.48. The molecule has 0 aliphatic carbocycles. The number of aliphatic hydroxyl groups excluding tert-OH is 1. The molecule has 21 heavy (non-hydrogen) atoms. The van der Waals surface area contributed by atoms with Crippen LogP contribution in [0, 0.1) is 10.1 Å². The van der Waals surface area contributed by atoms with Crippen molar-refractivity contribution in [2.24, 2.45) is 0 Å². The maximum atomic E-state index is 11.4. The molecule has 2 fully saturated rings. The molecule has 2 saturated heterocycles. The zero-order chi connectivity index (χ0) is 15.1. The second-order valence-corrected chi connectivity index (χ2v) is 5.65. The van der Waals surface area contributed by atoms with E-state index in [0.717, 1.165) is 12.8 Å². The van der Waals surface area contributed by atoms with E-state index in [-0.39, 0.29) is 29.4 Å². The van der Waals surface area contributed by atoms with Crippen LogP contribution < -0.4 is 4.90 Å². The summed E-state index contributed by atoms with van der Waals surface area (Å²) < 4.78 is 0. The van der Waals surface area contributed by atoms with Crippen LogP contribution in [0.2, 0.25) is 0 Å². The number of hydrogen-bond acceptors (Lipinski definition) is 5. The number of para-hydroxylation sites is 1. The van der Waals surface area contributed by atoms with Gasteiger partial charge in [-0.3, -0.25) is 10.1 Å².